The maximum absolute atomic E-state index is 11.7. The van der Waals surface area contributed by atoms with Crippen LogP contribution in [0.1, 0.15) is 10.4 Å². The minimum Gasteiger partial charge on any atom is -0.321 e. The van der Waals surface area contributed by atoms with Gasteiger partial charge in [0.1, 0.15) is 0 Å². The second kappa shape index (κ2) is 4.47. The number of thiophene rings is 1. The van der Waals surface area contributed by atoms with Gasteiger partial charge in [-0.2, -0.15) is 11.3 Å². The van der Waals surface area contributed by atoms with Gasteiger partial charge in [-0.15, -0.1) is 0 Å². The number of hydrogen-bond acceptors (Lipinski definition) is 2. The minimum atomic E-state index is -0.143. The fourth-order valence-electron chi connectivity index (χ4n) is 1.17. The van der Waals surface area contributed by atoms with Crippen molar-refractivity contribution in [3.05, 3.63) is 51.7 Å². The molecule has 0 unspecified atom stereocenters. The number of carbonyl (C=O) groups is 1. The third-order valence-electron chi connectivity index (χ3n) is 1.87. The highest BCUT2D eigenvalue weighted by atomic mass is 35.5. The number of anilines is 1. The lowest BCUT2D eigenvalue weighted by molar-refractivity contribution is 0.102. The smallest absolute Gasteiger partial charge is 0.255 e. The Balaban J connectivity index is 2.15. The second-order valence-electron chi connectivity index (χ2n) is 2.98. The lowest BCUT2D eigenvalue weighted by Gasteiger charge is -2.02. The molecule has 1 heterocycles. The summed E-state index contributed by atoms with van der Waals surface area (Å²) in [5.41, 5.74) is 1.37. The van der Waals surface area contributed by atoms with E-state index < -0.39 is 0 Å². The topological polar surface area (TPSA) is 29.1 Å². The van der Waals surface area contributed by atoms with Gasteiger partial charge in [-0.3, -0.25) is 4.79 Å². The van der Waals surface area contributed by atoms with Crippen LogP contribution in [0.3, 0.4) is 0 Å². The van der Waals surface area contributed by atoms with Gasteiger partial charge in [0.15, 0.2) is 0 Å². The monoisotopic (exact) mass is 237 g/mol. The van der Waals surface area contributed by atoms with Crippen molar-refractivity contribution in [2.75, 3.05) is 5.32 Å². The number of nitrogens with one attached hydrogen (secondary N) is 1. The van der Waals surface area contributed by atoms with E-state index in [9.17, 15) is 4.79 Å². The number of carbonyl (C=O) groups excluding carboxylic acids is 1. The fraction of sp³-hybridized carbons (Fsp3) is 0. The molecule has 2 aromatic rings. The summed E-state index contributed by atoms with van der Waals surface area (Å²) in [6.45, 7) is 0. The van der Waals surface area contributed by atoms with Gasteiger partial charge in [0.05, 0.1) is 5.69 Å². The predicted molar refractivity (Wildman–Crippen MR) is 63.7 cm³/mol. The molecule has 0 aliphatic carbocycles. The average Bonchev–Trinajstić information content (AvgIpc) is 2.70. The Morgan fingerprint density at radius 1 is 1.33 bits per heavy atom. The summed E-state index contributed by atoms with van der Waals surface area (Å²) in [5.74, 6) is -0.143. The summed E-state index contributed by atoms with van der Waals surface area (Å²) in [4.78, 5) is 11.7. The first-order valence-corrected chi connectivity index (χ1v) is 5.67. The molecule has 4 heteroatoms. The molecule has 1 aromatic carbocycles. The maximum Gasteiger partial charge on any atom is 0.255 e. The molecule has 0 fully saturated rings. The first kappa shape index (κ1) is 10.2. The summed E-state index contributed by atoms with van der Waals surface area (Å²) in [6.07, 6.45) is 0. The van der Waals surface area contributed by atoms with Gasteiger partial charge < -0.3 is 5.32 Å². The molecule has 2 nitrogen and oxygen atoms in total. The van der Waals surface area contributed by atoms with E-state index in [1.165, 1.54) is 11.3 Å². The number of rotatable bonds is 2. The van der Waals surface area contributed by atoms with Crippen LogP contribution in [0.25, 0.3) is 0 Å². The zero-order chi connectivity index (χ0) is 10.7. The quantitative estimate of drug-likeness (QED) is 0.849. The lowest BCUT2D eigenvalue weighted by Crippen LogP contribution is -2.10. The zero-order valence-electron chi connectivity index (χ0n) is 7.74. The van der Waals surface area contributed by atoms with Crippen molar-refractivity contribution in [3.8, 4) is 0 Å². The van der Waals surface area contributed by atoms with Crippen LogP contribution in [0.15, 0.2) is 41.1 Å². The predicted octanol–water partition coefficient (Wildman–Crippen LogP) is 3.65. The molecule has 76 valence electrons. The van der Waals surface area contributed by atoms with E-state index >= 15 is 0 Å². The summed E-state index contributed by atoms with van der Waals surface area (Å²) >= 11 is 7.33. The van der Waals surface area contributed by atoms with E-state index in [4.69, 9.17) is 11.6 Å². The van der Waals surface area contributed by atoms with E-state index in [0.29, 0.717) is 10.6 Å². The van der Waals surface area contributed by atoms with Crippen molar-refractivity contribution in [1.82, 2.24) is 0 Å². The van der Waals surface area contributed by atoms with Gasteiger partial charge in [0.25, 0.3) is 5.91 Å². The first-order chi connectivity index (χ1) is 7.25. The Morgan fingerprint density at radius 2 is 2.20 bits per heavy atom. The Hall–Kier alpha value is -1.32. The molecule has 0 radical (unpaired) electrons. The summed E-state index contributed by atoms with van der Waals surface area (Å²) < 4.78 is 0. The Bertz CT molecular complexity index is 467. The fourth-order valence-corrected chi connectivity index (χ4v) is 1.95. The van der Waals surface area contributed by atoms with E-state index in [0.717, 1.165) is 5.69 Å². The molecule has 0 atom stereocenters. The van der Waals surface area contributed by atoms with Crippen LogP contribution in [0.5, 0.6) is 0 Å². The van der Waals surface area contributed by atoms with Gasteiger partial charge >= 0.3 is 0 Å². The van der Waals surface area contributed by atoms with Crippen molar-refractivity contribution in [1.29, 1.82) is 0 Å². The molecule has 0 aliphatic rings. The van der Waals surface area contributed by atoms with E-state index in [1.807, 2.05) is 16.8 Å². The molecule has 1 amide bonds. The third kappa shape index (κ3) is 2.58. The standard InChI is InChI=1S/C11H8ClNOS/c12-9-3-1-2-8(6-9)11(14)13-10-4-5-15-7-10/h1-7H,(H,13,14). The lowest BCUT2D eigenvalue weighted by atomic mass is 10.2. The maximum atomic E-state index is 11.7. The van der Waals surface area contributed by atoms with Crippen LogP contribution in [0.4, 0.5) is 5.69 Å². The second-order valence-corrected chi connectivity index (χ2v) is 4.19. The molecule has 15 heavy (non-hydrogen) atoms. The van der Waals surface area contributed by atoms with Crippen LogP contribution in [-0.2, 0) is 0 Å². The number of hydrogen-bond donors (Lipinski definition) is 1. The minimum absolute atomic E-state index is 0.143. The molecule has 1 aromatic heterocycles. The van der Waals surface area contributed by atoms with E-state index in [-0.39, 0.29) is 5.91 Å². The Kier molecular flexibility index (Phi) is 3.04. The van der Waals surface area contributed by atoms with Crippen molar-refractivity contribution in [2.24, 2.45) is 0 Å². The van der Waals surface area contributed by atoms with Crippen LogP contribution in [-0.4, -0.2) is 5.91 Å². The van der Waals surface area contributed by atoms with Gasteiger partial charge in [0.2, 0.25) is 0 Å². The van der Waals surface area contributed by atoms with Gasteiger partial charge in [0, 0.05) is 16.0 Å². The van der Waals surface area contributed by atoms with Crippen molar-refractivity contribution < 1.29 is 4.79 Å². The average molecular weight is 238 g/mol. The highest BCUT2D eigenvalue weighted by Gasteiger charge is 2.05. The SMILES string of the molecule is O=C(Nc1ccsc1)c1cccc(Cl)c1. The molecule has 0 spiro atoms. The first-order valence-electron chi connectivity index (χ1n) is 4.35. The summed E-state index contributed by atoms with van der Waals surface area (Å²) in [5, 5.41) is 7.13. The molecule has 2 rings (SSSR count). The van der Waals surface area contributed by atoms with Crippen LogP contribution >= 0.6 is 22.9 Å². The van der Waals surface area contributed by atoms with E-state index in [1.54, 1.807) is 24.3 Å². The van der Waals surface area contributed by atoms with Crippen LogP contribution < -0.4 is 5.32 Å². The number of benzene rings is 1. The van der Waals surface area contributed by atoms with Gasteiger partial charge in [-0.1, -0.05) is 17.7 Å². The molecular formula is C11H8ClNOS. The molecule has 1 N–H and O–H groups in total. The Morgan fingerprint density at radius 3 is 2.87 bits per heavy atom. The molecule has 0 bridgehead atoms. The van der Waals surface area contributed by atoms with Gasteiger partial charge in [-0.05, 0) is 29.6 Å². The molecular weight excluding hydrogens is 230 g/mol. The zero-order valence-corrected chi connectivity index (χ0v) is 9.31. The number of halogens is 1. The third-order valence-corrected chi connectivity index (χ3v) is 2.78. The van der Waals surface area contributed by atoms with Crippen LogP contribution in [0.2, 0.25) is 5.02 Å². The molecule has 0 aliphatic heterocycles. The van der Waals surface area contributed by atoms with Crippen molar-refractivity contribution >= 4 is 34.5 Å². The van der Waals surface area contributed by atoms with Crippen molar-refractivity contribution in [3.63, 3.8) is 0 Å². The molecule has 0 saturated carbocycles. The molecule has 0 saturated heterocycles. The van der Waals surface area contributed by atoms with Crippen LogP contribution in [0, 0.1) is 0 Å². The van der Waals surface area contributed by atoms with Gasteiger partial charge in [-0.25, -0.2) is 0 Å². The number of amides is 1. The highest BCUT2D eigenvalue weighted by molar-refractivity contribution is 7.08. The largest absolute Gasteiger partial charge is 0.321 e. The normalized spacial score (nSPS) is 9.93. The van der Waals surface area contributed by atoms with Crippen molar-refractivity contribution in [2.45, 2.75) is 0 Å². The summed E-state index contributed by atoms with van der Waals surface area (Å²) in [6, 6.07) is 8.72. The van der Waals surface area contributed by atoms with E-state index in [2.05, 4.69) is 5.32 Å². The Labute approximate surface area is 96.5 Å². The highest BCUT2D eigenvalue weighted by Crippen LogP contribution is 2.15. The summed E-state index contributed by atoms with van der Waals surface area (Å²) in [7, 11) is 0.